The smallest absolute Gasteiger partial charge is 0.290 e. The van der Waals surface area contributed by atoms with Crippen LogP contribution in [-0.2, 0) is 4.79 Å². The van der Waals surface area contributed by atoms with Crippen molar-refractivity contribution in [2.24, 2.45) is 0 Å². The van der Waals surface area contributed by atoms with E-state index in [9.17, 15) is 14.7 Å². The van der Waals surface area contributed by atoms with Crippen LogP contribution in [0.25, 0.3) is 0 Å². The molecule has 2 heterocycles. The van der Waals surface area contributed by atoms with E-state index in [0.717, 1.165) is 24.9 Å². The second-order valence-electron chi connectivity index (χ2n) is 8.13. The van der Waals surface area contributed by atoms with E-state index >= 15 is 0 Å². The maximum atomic E-state index is 13.3. The number of carbonyl (C=O) groups excluding carboxylic acids is 2. The lowest BCUT2D eigenvalue weighted by Gasteiger charge is -2.27. The number of benzene rings is 1. The van der Waals surface area contributed by atoms with E-state index in [2.05, 4.69) is 0 Å². The molecular formula is C24H31N2O5+. The van der Waals surface area contributed by atoms with E-state index in [4.69, 9.17) is 9.15 Å². The minimum absolute atomic E-state index is 0.0455. The van der Waals surface area contributed by atoms with Crippen molar-refractivity contribution in [3.05, 3.63) is 64.8 Å². The summed E-state index contributed by atoms with van der Waals surface area (Å²) in [7, 11) is 4.09. The summed E-state index contributed by atoms with van der Waals surface area (Å²) in [5, 5.41) is 10.7. The summed E-state index contributed by atoms with van der Waals surface area (Å²) in [6.07, 6.45) is 1.61. The fraction of sp³-hybridized carbons (Fsp3) is 0.417. The minimum Gasteiger partial charge on any atom is -0.503 e. The highest BCUT2D eigenvalue weighted by Crippen LogP contribution is 2.40. The first-order chi connectivity index (χ1) is 14.8. The number of furan rings is 1. The Morgan fingerprint density at radius 2 is 2.03 bits per heavy atom. The number of hydrogen-bond donors (Lipinski definition) is 2. The minimum atomic E-state index is -0.701. The first kappa shape index (κ1) is 22.6. The van der Waals surface area contributed by atoms with E-state index in [1.807, 2.05) is 45.3 Å². The largest absolute Gasteiger partial charge is 0.503 e. The number of carbonyl (C=O) groups is 2. The van der Waals surface area contributed by atoms with Gasteiger partial charge in [-0.05, 0) is 43.2 Å². The molecule has 7 heteroatoms. The predicted octanol–water partition coefficient (Wildman–Crippen LogP) is 2.49. The van der Waals surface area contributed by atoms with Crippen molar-refractivity contribution >= 4 is 11.7 Å². The van der Waals surface area contributed by atoms with Crippen LogP contribution in [0, 0.1) is 6.92 Å². The number of Topliss-reactive ketones (excluding diaryl/α,β-unsaturated/α-hetero) is 1. The van der Waals surface area contributed by atoms with Crippen LogP contribution in [0.15, 0.2) is 52.1 Å². The van der Waals surface area contributed by atoms with E-state index in [1.165, 1.54) is 4.90 Å². The van der Waals surface area contributed by atoms with Gasteiger partial charge in [-0.15, -0.1) is 0 Å². The molecule has 0 aliphatic carbocycles. The standard InChI is InChI=1S/C24H30N2O5/c1-5-14-30-18-9-6-8-17(15-18)21-20(22(27)19-11-10-16(2)31-19)23(28)24(29)26(21)13-7-12-25(3)4/h6,8-11,15,21,28H,5,7,12-14H2,1-4H3/p+1/t21-/m0/s1. The number of quaternary nitrogens is 1. The van der Waals surface area contributed by atoms with Crippen LogP contribution in [0.5, 0.6) is 5.75 Å². The molecule has 1 atom stereocenters. The third-order valence-corrected chi connectivity index (χ3v) is 5.23. The Hall–Kier alpha value is -3.06. The molecule has 7 nitrogen and oxygen atoms in total. The van der Waals surface area contributed by atoms with Crippen molar-refractivity contribution in [1.29, 1.82) is 0 Å². The molecular weight excluding hydrogens is 396 g/mol. The Labute approximate surface area is 182 Å². The van der Waals surface area contributed by atoms with Gasteiger partial charge in [-0.1, -0.05) is 19.1 Å². The number of ketones is 1. The molecule has 1 aromatic heterocycles. The number of nitrogens with one attached hydrogen (secondary N) is 1. The number of aliphatic hydroxyl groups is 1. The highest BCUT2D eigenvalue weighted by molar-refractivity contribution is 6.15. The van der Waals surface area contributed by atoms with Crippen molar-refractivity contribution in [2.75, 3.05) is 33.8 Å². The lowest BCUT2D eigenvalue weighted by Crippen LogP contribution is -3.05. The third kappa shape index (κ3) is 4.99. The average molecular weight is 428 g/mol. The second kappa shape index (κ2) is 9.83. The molecule has 3 rings (SSSR count). The predicted molar refractivity (Wildman–Crippen MR) is 116 cm³/mol. The Morgan fingerprint density at radius 3 is 2.68 bits per heavy atom. The second-order valence-corrected chi connectivity index (χ2v) is 8.13. The molecule has 1 aliphatic heterocycles. The van der Waals surface area contributed by atoms with Crippen LogP contribution in [0.3, 0.4) is 0 Å². The van der Waals surface area contributed by atoms with E-state index in [1.54, 1.807) is 24.0 Å². The summed E-state index contributed by atoms with van der Waals surface area (Å²) in [6.45, 7) is 5.62. The van der Waals surface area contributed by atoms with Gasteiger partial charge in [0.05, 0.1) is 38.9 Å². The fourth-order valence-corrected chi connectivity index (χ4v) is 3.75. The van der Waals surface area contributed by atoms with Crippen LogP contribution in [0.4, 0.5) is 0 Å². The SMILES string of the molecule is CCCOc1cccc([C@H]2C(C(=O)c3ccc(C)o3)=C(O)C(=O)N2CCC[NH+](C)C)c1. The number of aryl methyl sites for hydroxylation is 1. The molecule has 1 amide bonds. The first-order valence-electron chi connectivity index (χ1n) is 10.7. The molecule has 0 saturated carbocycles. The zero-order chi connectivity index (χ0) is 22.5. The molecule has 1 aliphatic rings. The lowest BCUT2D eigenvalue weighted by molar-refractivity contribution is -0.858. The maximum absolute atomic E-state index is 13.3. The number of nitrogens with zero attached hydrogens (tertiary/aromatic N) is 1. The van der Waals surface area contributed by atoms with Gasteiger partial charge >= 0.3 is 0 Å². The summed E-state index contributed by atoms with van der Waals surface area (Å²) >= 11 is 0. The maximum Gasteiger partial charge on any atom is 0.290 e. The molecule has 0 spiro atoms. The van der Waals surface area contributed by atoms with Crippen molar-refractivity contribution in [1.82, 2.24) is 4.90 Å². The average Bonchev–Trinajstić information content (AvgIpc) is 3.28. The highest BCUT2D eigenvalue weighted by atomic mass is 16.5. The van der Waals surface area contributed by atoms with Gasteiger partial charge in [-0.3, -0.25) is 9.59 Å². The molecule has 0 saturated heterocycles. The molecule has 2 N–H and O–H groups in total. The van der Waals surface area contributed by atoms with E-state index < -0.39 is 23.5 Å². The van der Waals surface area contributed by atoms with Gasteiger partial charge < -0.3 is 24.1 Å². The Kier molecular flexibility index (Phi) is 7.17. The first-order valence-corrected chi connectivity index (χ1v) is 10.7. The van der Waals surface area contributed by atoms with Crippen molar-refractivity contribution < 1.29 is 28.7 Å². The molecule has 0 radical (unpaired) electrons. The van der Waals surface area contributed by atoms with Crippen LogP contribution < -0.4 is 9.64 Å². The summed E-state index contributed by atoms with van der Waals surface area (Å²) in [6, 6.07) is 9.91. The topological polar surface area (TPSA) is 84.4 Å². The summed E-state index contributed by atoms with van der Waals surface area (Å²) in [5.74, 6) is -0.174. The van der Waals surface area contributed by atoms with Gasteiger partial charge in [0.2, 0.25) is 5.78 Å². The van der Waals surface area contributed by atoms with Crippen molar-refractivity contribution in [3.8, 4) is 5.75 Å². The van der Waals surface area contributed by atoms with Gasteiger partial charge in [0.1, 0.15) is 11.5 Å². The van der Waals surface area contributed by atoms with Crippen LogP contribution >= 0.6 is 0 Å². The van der Waals surface area contributed by atoms with Gasteiger partial charge in [0.15, 0.2) is 11.5 Å². The Bertz CT molecular complexity index is 976. The van der Waals surface area contributed by atoms with Gasteiger partial charge in [0, 0.05) is 13.0 Å². The van der Waals surface area contributed by atoms with E-state index in [0.29, 0.717) is 24.7 Å². The Balaban J connectivity index is 2.00. The number of amides is 1. The molecule has 2 aromatic rings. The monoisotopic (exact) mass is 427 g/mol. The quantitative estimate of drug-likeness (QED) is 0.569. The fourth-order valence-electron chi connectivity index (χ4n) is 3.75. The molecule has 0 bridgehead atoms. The molecule has 166 valence electrons. The Morgan fingerprint density at radius 1 is 1.26 bits per heavy atom. The molecule has 0 fully saturated rings. The number of rotatable bonds is 10. The number of ether oxygens (including phenoxy) is 1. The van der Waals surface area contributed by atoms with Crippen molar-refractivity contribution in [3.63, 3.8) is 0 Å². The molecule has 1 aromatic carbocycles. The number of hydrogen-bond acceptors (Lipinski definition) is 5. The zero-order valence-electron chi connectivity index (χ0n) is 18.6. The summed E-state index contributed by atoms with van der Waals surface area (Å²) in [4.78, 5) is 29.1. The highest BCUT2D eigenvalue weighted by Gasteiger charge is 2.44. The van der Waals surface area contributed by atoms with Crippen molar-refractivity contribution in [2.45, 2.75) is 32.7 Å². The number of aliphatic hydroxyl groups excluding tert-OH is 1. The van der Waals surface area contributed by atoms with Gasteiger partial charge in [-0.2, -0.15) is 0 Å². The van der Waals surface area contributed by atoms with Gasteiger partial charge in [0.25, 0.3) is 5.91 Å². The summed E-state index contributed by atoms with van der Waals surface area (Å²) < 4.78 is 11.2. The zero-order valence-corrected chi connectivity index (χ0v) is 18.6. The normalized spacial score (nSPS) is 16.5. The van der Waals surface area contributed by atoms with Gasteiger partial charge in [-0.25, -0.2) is 0 Å². The van der Waals surface area contributed by atoms with Crippen LogP contribution in [0.2, 0.25) is 0 Å². The van der Waals surface area contributed by atoms with Crippen LogP contribution in [0.1, 0.15) is 47.7 Å². The van der Waals surface area contributed by atoms with Crippen LogP contribution in [-0.4, -0.2) is 55.5 Å². The summed E-state index contributed by atoms with van der Waals surface area (Å²) in [5.41, 5.74) is 0.763. The molecule has 31 heavy (non-hydrogen) atoms. The molecule has 0 unspecified atom stereocenters. The van der Waals surface area contributed by atoms with E-state index in [-0.39, 0.29) is 11.3 Å². The third-order valence-electron chi connectivity index (χ3n) is 5.23. The lowest BCUT2D eigenvalue weighted by atomic mass is 9.95.